The molecule has 2 nitrogen and oxygen atoms in total. The van der Waals surface area contributed by atoms with Gasteiger partial charge in [-0.25, -0.2) is 0 Å². The maximum atomic E-state index is 10.7. The molecule has 0 aliphatic rings. The minimum absolute atomic E-state index is 0.646. The Balaban J connectivity index is 2.15. The first-order valence-corrected chi connectivity index (χ1v) is 6.74. The molecule has 0 radical (unpaired) electrons. The highest BCUT2D eigenvalue weighted by Gasteiger charge is 2.14. The van der Waals surface area contributed by atoms with Gasteiger partial charge in [-0.15, -0.1) is 0 Å². The van der Waals surface area contributed by atoms with Crippen molar-refractivity contribution in [3.8, 4) is 0 Å². The van der Waals surface area contributed by atoms with Crippen LogP contribution in [0.5, 0.6) is 0 Å². The maximum absolute atomic E-state index is 10.7. The molecule has 2 heteroatoms. The van der Waals surface area contributed by atoms with Crippen molar-refractivity contribution >= 4 is 10.8 Å². The largest absolute Gasteiger partial charge is 0.384 e. The number of hydrogen-bond acceptors (Lipinski definition) is 2. The van der Waals surface area contributed by atoms with Crippen LogP contribution < -0.4 is 0 Å². The summed E-state index contributed by atoms with van der Waals surface area (Å²) in [6.45, 7) is 4.09. The Morgan fingerprint density at radius 3 is 2.40 bits per heavy atom. The predicted octanol–water partition coefficient (Wildman–Crippen LogP) is 3.93. The molecule has 0 bridgehead atoms. The Bertz CT molecular complexity index is 739. The van der Waals surface area contributed by atoms with Gasteiger partial charge >= 0.3 is 0 Å². The Morgan fingerprint density at radius 1 is 0.950 bits per heavy atom. The maximum Gasteiger partial charge on any atom is 0.106 e. The van der Waals surface area contributed by atoms with Crippen molar-refractivity contribution in [2.24, 2.45) is 0 Å². The number of rotatable bonds is 2. The summed E-state index contributed by atoms with van der Waals surface area (Å²) < 4.78 is 0. The van der Waals surface area contributed by atoms with E-state index in [9.17, 15) is 5.11 Å². The first kappa shape index (κ1) is 12.8. The highest BCUT2D eigenvalue weighted by molar-refractivity contribution is 5.85. The topological polar surface area (TPSA) is 33.1 Å². The van der Waals surface area contributed by atoms with Crippen molar-refractivity contribution in [1.82, 2.24) is 4.98 Å². The van der Waals surface area contributed by atoms with Crippen molar-refractivity contribution in [3.05, 3.63) is 77.1 Å². The Labute approximate surface area is 118 Å². The van der Waals surface area contributed by atoms with Gasteiger partial charge in [0, 0.05) is 23.3 Å². The molecule has 3 rings (SSSR count). The average Bonchev–Trinajstić information content (AvgIpc) is 2.45. The molecular weight excluding hydrogens is 246 g/mol. The lowest BCUT2D eigenvalue weighted by Gasteiger charge is -2.15. The molecule has 2 aromatic carbocycles. The smallest absolute Gasteiger partial charge is 0.106 e. The third-order valence-corrected chi connectivity index (χ3v) is 3.55. The molecule has 3 aromatic rings. The molecule has 1 aromatic heterocycles. The van der Waals surface area contributed by atoms with E-state index in [1.165, 1.54) is 0 Å². The number of aliphatic hydroxyl groups is 1. The van der Waals surface area contributed by atoms with E-state index in [2.05, 4.69) is 11.1 Å². The molecule has 0 fully saturated rings. The molecule has 0 saturated carbocycles. The molecule has 1 atom stereocenters. The molecule has 0 aliphatic heterocycles. The number of fused-ring (bicyclic) bond motifs is 1. The summed E-state index contributed by atoms with van der Waals surface area (Å²) in [7, 11) is 0. The van der Waals surface area contributed by atoms with Crippen LogP contribution >= 0.6 is 0 Å². The number of aliphatic hydroxyl groups excluding tert-OH is 1. The van der Waals surface area contributed by atoms with Gasteiger partial charge in [-0.2, -0.15) is 0 Å². The van der Waals surface area contributed by atoms with Crippen LogP contribution in [0.4, 0.5) is 0 Å². The van der Waals surface area contributed by atoms with Crippen LogP contribution in [0.1, 0.15) is 28.4 Å². The van der Waals surface area contributed by atoms with Gasteiger partial charge < -0.3 is 5.11 Å². The number of pyridine rings is 1. The van der Waals surface area contributed by atoms with Crippen LogP contribution in [0, 0.1) is 13.8 Å². The summed E-state index contributed by atoms with van der Waals surface area (Å²) in [5, 5.41) is 12.8. The fraction of sp³-hybridized carbons (Fsp3) is 0.167. The molecule has 100 valence electrons. The highest BCUT2D eigenvalue weighted by atomic mass is 16.3. The van der Waals surface area contributed by atoms with Crippen molar-refractivity contribution < 1.29 is 5.11 Å². The number of hydrogen-bond donors (Lipinski definition) is 1. The minimum atomic E-state index is -0.646. The zero-order chi connectivity index (χ0) is 14.1. The molecule has 1 N–H and O–H groups in total. The van der Waals surface area contributed by atoms with Gasteiger partial charge in [0.15, 0.2) is 0 Å². The van der Waals surface area contributed by atoms with E-state index in [1.54, 1.807) is 6.20 Å². The molecule has 0 aliphatic carbocycles. The van der Waals surface area contributed by atoms with Crippen molar-refractivity contribution in [3.63, 3.8) is 0 Å². The minimum Gasteiger partial charge on any atom is -0.384 e. The van der Waals surface area contributed by atoms with Gasteiger partial charge in [0.05, 0.1) is 0 Å². The van der Waals surface area contributed by atoms with Gasteiger partial charge in [-0.1, -0.05) is 53.6 Å². The zero-order valence-electron chi connectivity index (χ0n) is 11.7. The fourth-order valence-corrected chi connectivity index (χ4v) is 2.71. The monoisotopic (exact) mass is 263 g/mol. The molecule has 1 heterocycles. The standard InChI is InChI=1S/C18H17NO/c1-12-7-13(2)9-15(8-12)18(20)17-11-19-10-14-5-3-4-6-16(14)17/h3-11,18,20H,1-2H3. The summed E-state index contributed by atoms with van der Waals surface area (Å²) >= 11 is 0. The summed E-state index contributed by atoms with van der Waals surface area (Å²) in [6, 6.07) is 14.2. The summed E-state index contributed by atoms with van der Waals surface area (Å²) in [5.74, 6) is 0. The third-order valence-electron chi connectivity index (χ3n) is 3.55. The van der Waals surface area contributed by atoms with E-state index in [0.29, 0.717) is 0 Å². The Kier molecular flexibility index (Phi) is 3.25. The molecule has 0 spiro atoms. The van der Waals surface area contributed by atoms with Crippen molar-refractivity contribution in [2.45, 2.75) is 20.0 Å². The average molecular weight is 263 g/mol. The Morgan fingerprint density at radius 2 is 1.65 bits per heavy atom. The van der Waals surface area contributed by atoms with E-state index in [0.717, 1.165) is 33.0 Å². The quantitative estimate of drug-likeness (QED) is 0.760. The lowest BCUT2D eigenvalue weighted by molar-refractivity contribution is 0.221. The zero-order valence-corrected chi connectivity index (χ0v) is 11.7. The van der Waals surface area contributed by atoms with Crippen molar-refractivity contribution in [2.75, 3.05) is 0 Å². The third kappa shape index (κ3) is 2.30. The van der Waals surface area contributed by atoms with Crippen molar-refractivity contribution in [1.29, 1.82) is 0 Å². The van der Waals surface area contributed by atoms with E-state index >= 15 is 0 Å². The van der Waals surface area contributed by atoms with Crippen LogP contribution in [0.25, 0.3) is 10.8 Å². The molecule has 1 unspecified atom stereocenters. The van der Waals surface area contributed by atoms with Crippen LogP contribution in [0.15, 0.2) is 54.9 Å². The predicted molar refractivity (Wildman–Crippen MR) is 81.7 cm³/mol. The van der Waals surface area contributed by atoms with Gasteiger partial charge in [0.25, 0.3) is 0 Å². The van der Waals surface area contributed by atoms with Gasteiger partial charge in [0.1, 0.15) is 6.10 Å². The molecular formula is C18H17NO. The van der Waals surface area contributed by atoms with E-state index in [-0.39, 0.29) is 0 Å². The summed E-state index contributed by atoms with van der Waals surface area (Å²) in [5.41, 5.74) is 4.09. The number of aryl methyl sites for hydroxylation is 2. The number of aromatic nitrogens is 1. The first-order valence-electron chi connectivity index (χ1n) is 6.74. The lowest BCUT2D eigenvalue weighted by Crippen LogP contribution is -2.02. The normalized spacial score (nSPS) is 12.6. The second-order valence-electron chi connectivity index (χ2n) is 5.27. The van der Waals surface area contributed by atoms with E-state index in [4.69, 9.17) is 0 Å². The Hall–Kier alpha value is -2.19. The molecule has 0 amide bonds. The van der Waals surface area contributed by atoms with Crippen LogP contribution in [0.2, 0.25) is 0 Å². The first-order chi connectivity index (χ1) is 9.65. The van der Waals surface area contributed by atoms with Gasteiger partial charge in [-0.3, -0.25) is 4.98 Å². The van der Waals surface area contributed by atoms with Crippen LogP contribution in [0.3, 0.4) is 0 Å². The number of benzene rings is 2. The van der Waals surface area contributed by atoms with E-state index in [1.807, 2.05) is 56.4 Å². The highest BCUT2D eigenvalue weighted by Crippen LogP contribution is 2.28. The summed E-state index contributed by atoms with van der Waals surface area (Å²) in [4.78, 5) is 4.24. The lowest BCUT2D eigenvalue weighted by atomic mass is 9.96. The van der Waals surface area contributed by atoms with Crippen LogP contribution in [-0.4, -0.2) is 10.1 Å². The molecule has 0 saturated heterocycles. The van der Waals surface area contributed by atoms with Gasteiger partial charge in [0.2, 0.25) is 0 Å². The number of nitrogens with zero attached hydrogens (tertiary/aromatic N) is 1. The fourth-order valence-electron chi connectivity index (χ4n) is 2.71. The van der Waals surface area contributed by atoms with E-state index < -0.39 is 6.10 Å². The second-order valence-corrected chi connectivity index (χ2v) is 5.27. The SMILES string of the molecule is Cc1cc(C)cc(C(O)c2cncc3ccccc23)c1. The van der Waals surface area contributed by atoms with Gasteiger partial charge in [-0.05, 0) is 24.8 Å². The second kappa shape index (κ2) is 5.06. The summed E-state index contributed by atoms with van der Waals surface area (Å²) in [6.07, 6.45) is 2.93. The molecule has 20 heavy (non-hydrogen) atoms. The van der Waals surface area contributed by atoms with Crippen LogP contribution in [-0.2, 0) is 0 Å².